The molecule has 11 nitrogen and oxygen atoms in total. The number of hydrogen-bond donors (Lipinski definition) is 3. The molecule has 1 aromatic heterocycles. The lowest BCUT2D eigenvalue weighted by Crippen LogP contribution is -2.41. The van der Waals surface area contributed by atoms with Gasteiger partial charge in [-0.1, -0.05) is 68.2 Å². The molecule has 1 radical (unpaired) electrons. The van der Waals surface area contributed by atoms with Crippen molar-refractivity contribution in [3.8, 4) is 11.1 Å². The normalized spacial score (nSPS) is 13.1. The molecule has 3 N–H and O–H groups in total. The van der Waals surface area contributed by atoms with E-state index in [0.717, 1.165) is 27.4 Å². The maximum absolute atomic E-state index is 12.9. The van der Waals surface area contributed by atoms with Gasteiger partial charge in [-0.2, -0.15) is 0 Å². The molecule has 0 bridgehead atoms. The molecule has 0 aliphatic rings. The maximum Gasteiger partial charge on any atom is 0.337 e. The first kappa shape index (κ1) is 33.3. The Labute approximate surface area is 254 Å². The molecule has 13 heteroatoms. The minimum atomic E-state index is -1.66. The molecule has 0 aliphatic heterocycles. The highest BCUT2D eigenvalue weighted by Crippen LogP contribution is 2.24. The largest absolute Gasteiger partial charge is 0.428 e. The summed E-state index contributed by atoms with van der Waals surface area (Å²) in [7, 11) is 2.78. The molecular weight excluding hydrogens is 577 g/mol. The summed E-state index contributed by atoms with van der Waals surface area (Å²) in [6.07, 6.45) is -0.869. The summed E-state index contributed by atoms with van der Waals surface area (Å²) in [5.74, 6) is -2.99. The van der Waals surface area contributed by atoms with Gasteiger partial charge in [-0.15, -0.1) is 0 Å². The second kappa shape index (κ2) is 15.9. The summed E-state index contributed by atoms with van der Waals surface area (Å²) in [5.41, 5.74) is 2.27. The highest BCUT2D eigenvalue weighted by atomic mass is 35.5. The average molecular weight is 611 g/mol. The molecule has 1 amide bonds. The van der Waals surface area contributed by atoms with Crippen molar-refractivity contribution >= 4 is 42.9 Å². The van der Waals surface area contributed by atoms with Crippen LogP contribution in [0.5, 0.6) is 0 Å². The predicted octanol–water partition coefficient (Wildman–Crippen LogP) is 2.75. The Balaban J connectivity index is 1.66. The molecule has 0 aliphatic carbocycles. The van der Waals surface area contributed by atoms with Crippen LogP contribution >= 0.6 is 11.6 Å². The van der Waals surface area contributed by atoms with Gasteiger partial charge < -0.3 is 24.7 Å². The first-order valence-electron chi connectivity index (χ1n) is 13.7. The molecule has 0 spiro atoms. The number of ether oxygens (including phenoxy) is 2. The highest BCUT2D eigenvalue weighted by molar-refractivity contribution is 6.66. The molecule has 3 rings (SSSR count). The van der Waals surface area contributed by atoms with Crippen LogP contribution < -0.4 is 10.9 Å². The van der Waals surface area contributed by atoms with Crippen molar-refractivity contribution in [3.63, 3.8) is 0 Å². The van der Waals surface area contributed by atoms with E-state index < -0.39 is 48.3 Å². The monoisotopic (exact) mass is 610 g/mol. The summed E-state index contributed by atoms with van der Waals surface area (Å²) in [5, 5.41) is 16.6. The molecule has 0 saturated carbocycles. The van der Waals surface area contributed by atoms with Crippen LogP contribution in [0.15, 0.2) is 59.4 Å². The van der Waals surface area contributed by atoms with Crippen molar-refractivity contribution in [2.24, 2.45) is 18.9 Å². The third kappa shape index (κ3) is 9.97. The molecule has 0 saturated heterocycles. The van der Waals surface area contributed by atoms with Crippen LogP contribution in [0.4, 0.5) is 0 Å². The highest BCUT2D eigenvalue weighted by Gasteiger charge is 2.27. The Morgan fingerprint density at radius 3 is 2.37 bits per heavy atom. The summed E-state index contributed by atoms with van der Waals surface area (Å²) >= 11 is 6.11. The van der Waals surface area contributed by atoms with Crippen molar-refractivity contribution in [1.29, 1.82) is 0 Å². The van der Waals surface area contributed by atoms with E-state index in [2.05, 4.69) is 10.4 Å². The van der Waals surface area contributed by atoms with Gasteiger partial charge in [0.1, 0.15) is 5.69 Å². The second-order valence-corrected chi connectivity index (χ2v) is 10.8. The van der Waals surface area contributed by atoms with Crippen LogP contribution in [0, 0.1) is 11.8 Å². The molecule has 43 heavy (non-hydrogen) atoms. The number of hydrogen-bond acceptors (Lipinski definition) is 8. The minimum Gasteiger partial charge on any atom is -0.428 e. The summed E-state index contributed by atoms with van der Waals surface area (Å²) < 4.78 is 11.1. The zero-order valence-electron chi connectivity index (χ0n) is 24.1. The van der Waals surface area contributed by atoms with E-state index in [-0.39, 0.29) is 30.8 Å². The fourth-order valence-corrected chi connectivity index (χ4v) is 4.59. The Kier molecular flexibility index (Phi) is 12.3. The smallest absolute Gasteiger partial charge is 0.337 e. The number of aromatic nitrogens is 2. The number of rotatable bonds is 15. The topological polar surface area (TPSA) is 157 Å². The van der Waals surface area contributed by atoms with Crippen LogP contribution in [0.2, 0.25) is 11.3 Å². The first-order chi connectivity index (χ1) is 20.5. The third-order valence-electron chi connectivity index (χ3n) is 6.84. The van der Waals surface area contributed by atoms with Gasteiger partial charge >= 0.3 is 11.9 Å². The molecule has 0 fully saturated rings. The van der Waals surface area contributed by atoms with Crippen molar-refractivity contribution in [2.45, 2.75) is 45.2 Å². The van der Waals surface area contributed by atoms with Crippen molar-refractivity contribution < 1.29 is 33.8 Å². The van der Waals surface area contributed by atoms with Crippen LogP contribution in [-0.4, -0.2) is 65.1 Å². The maximum atomic E-state index is 12.9. The quantitative estimate of drug-likeness (QED) is 0.103. The number of benzene rings is 2. The van der Waals surface area contributed by atoms with E-state index in [0.29, 0.717) is 11.2 Å². The van der Waals surface area contributed by atoms with Gasteiger partial charge in [-0.25, -0.2) is 4.79 Å². The average Bonchev–Trinajstić information content (AvgIpc) is 3.31. The number of amides is 1. The molecular formula is C30H34BClN3O8. The predicted molar refractivity (Wildman–Crippen MR) is 161 cm³/mol. The van der Waals surface area contributed by atoms with Gasteiger partial charge in [0.05, 0.1) is 12.1 Å². The number of aromatic amines is 1. The molecule has 3 aromatic rings. The van der Waals surface area contributed by atoms with E-state index in [4.69, 9.17) is 21.1 Å². The van der Waals surface area contributed by atoms with E-state index in [1.165, 1.54) is 14.3 Å². The van der Waals surface area contributed by atoms with Crippen LogP contribution in [0.3, 0.4) is 0 Å². The Morgan fingerprint density at radius 1 is 1.07 bits per heavy atom. The molecule has 1 heterocycles. The fraction of sp³-hybridized carbons (Fsp3) is 0.367. The first-order valence-corrected chi connectivity index (χ1v) is 14.1. The lowest BCUT2D eigenvalue weighted by Gasteiger charge is -2.22. The van der Waals surface area contributed by atoms with Crippen molar-refractivity contribution in [2.75, 3.05) is 6.79 Å². The van der Waals surface area contributed by atoms with Gasteiger partial charge in [0.25, 0.3) is 11.5 Å². The molecule has 3 atom stereocenters. The van der Waals surface area contributed by atoms with Gasteiger partial charge in [-0.3, -0.25) is 24.2 Å². The number of halogens is 1. The SMILES string of the molecule is CC(C)[C@H](C[B]C=O)C(=O)OCOC(=O)[C@H](O)C[C@@H](Cc1ccc(-c2cccc(Cl)c2)cc1)NC(=O)c1cc(=O)n(C)[nH]1. The van der Waals surface area contributed by atoms with E-state index in [9.17, 15) is 29.1 Å². The van der Waals surface area contributed by atoms with Crippen molar-refractivity contribution in [1.82, 2.24) is 15.1 Å². The number of esters is 2. The fourth-order valence-electron chi connectivity index (χ4n) is 4.40. The number of nitrogens with zero attached hydrogens (tertiary/aromatic N) is 1. The molecule has 2 aromatic carbocycles. The molecule has 227 valence electrons. The van der Waals surface area contributed by atoms with Crippen LogP contribution in [-0.2, 0) is 37.3 Å². The minimum absolute atomic E-state index is 0.0179. The summed E-state index contributed by atoms with van der Waals surface area (Å²) in [6, 6.07) is 15.3. The van der Waals surface area contributed by atoms with Gasteiger partial charge in [-0.05, 0) is 41.2 Å². The number of aliphatic hydroxyl groups excluding tert-OH is 1. The summed E-state index contributed by atoms with van der Waals surface area (Å²) in [6.45, 7) is 2.88. The van der Waals surface area contributed by atoms with E-state index in [1.54, 1.807) is 19.9 Å². The Bertz CT molecular complexity index is 1470. The Hall–Kier alpha value is -4.16. The summed E-state index contributed by atoms with van der Waals surface area (Å²) in [4.78, 5) is 60.2. The third-order valence-corrected chi connectivity index (χ3v) is 7.07. The standard InChI is InChI=1S/C30H34BClN3O8/c1-18(2)24(15-31-16-36)29(40)42-17-43-30(41)26(37)13-23(33-28(39)25-14-27(38)35(3)34-25)11-19-7-9-20(10-8-19)21-5-4-6-22(32)12-21/h4-10,12,14,16,18,23-24,26,34,37H,11,13,15,17H2,1-3H3,(H,33,39)/t23-,24+,26-/m1/s1. The number of carbonyl (C=O) groups excluding carboxylic acids is 4. The van der Waals surface area contributed by atoms with E-state index >= 15 is 0 Å². The second-order valence-electron chi connectivity index (χ2n) is 10.4. The lowest BCUT2D eigenvalue weighted by atomic mass is 9.69. The number of nitrogens with one attached hydrogen (secondary N) is 2. The van der Waals surface area contributed by atoms with Gasteiger partial charge in [0.15, 0.2) is 13.4 Å². The van der Waals surface area contributed by atoms with Crippen molar-refractivity contribution in [3.05, 3.63) is 81.2 Å². The lowest BCUT2D eigenvalue weighted by molar-refractivity contribution is -0.176. The number of carbonyl (C=O) groups is 4. The zero-order chi connectivity index (χ0) is 31.5. The van der Waals surface area contributed by atoms with Gasteiger partial charge in [0, 0.05) is 30.6 Å². The Morgan fingerprint density at radius 2 is 1.77 bits per heavy atom. The van der Waals surface area contributed by atoms with E-state index in [1.807, 2.05) is 42.5 Å². The van der Waals surface area contributed by atoms with Gasteiger partial charge in [0.2, 0.25) is 6.79 Å². The van der Waals surface area contributed by atoms with Crippen LogP contribution in [0.1, 0.15) is 36.3 Å². The van der Waals surface area contributed by atoms with Crippen LogP contribution in [0.25, 0.3) is 11.1 Å². The number of aliphatic hydroxyl groups is 1. The number of aryl methyl sites for hydroxylation is 1. The zero-order valence-corrected chi connectivity index (χ0v) is 24.9. The number of H-pyrrole nitrogens is 1. The molecule has 0 unspecified atom stereocenters.